The molecule has 1 aliphatic rings. The molecule has 1 amide bonds. The average molecular weight is 370 g/mol. The summed E-state index contributed by atoms with van der Waals surface area (Å²) in [6.45, 7) is 5.56. The fraction of sp³-hybridized carbons (Fsp3) is 0.450. The van der Waals surface area contributed by atoms with E-state index >= 15 is 0 Å². The summed E-state index contributed by atoms with van der Waals surface area (Å²) >= 11 is 0. The van der Waals surface area contributed by atoms with Crippen molar-refractivity contribution in [2.75, 3.05) is 23.3 Å². The Morgan fingerprint density at radius 1 is 1.22 bits per heavy atom. The SMILES string of the molecule is CCn1c(N2CCC[C@H](C(=O)Nc3ccc(C)cc3)C2)cc(=O)n(C)c1=O. The van der Waals surface area contributed by atoms with Crippen LogP contribution in [0.4, 0.5) is 11.5 Å². The molecular formula is C20H26N4O3. The van der Waals surface area contributed by atoms with Gasteiger partial charge in [0.15, 0.2) is 0 Å². The molecule has 3 rings (SSSR count). The van der Waals surface area contributed by atoms with E-state index in [0.29, 0.717) is 18.9 Å². The smallest absolute Gasteiger partial charge is 0.332 e. The predicted octanol–water partition coefficient (Wildman–Crippen LogP) is 1.73. The van der Waals surface area contributed by atoms with Crippen molar-refractivity contribution < 1.29 is 4.79 Å². The fourth-order valence-electron chi connectivity index (χ4n) is 3.50. The number of amides is 1. The van der Waals surface area contributed by atoms with Crippen molar-refractivity contribution in [2.24, 2.45) is 13.0 Å². The maximum Gasteiger partial charge on any atom is 0.332 e. The van der Waals surface area contributed by atoms with Gasteiger partial charge in [0.1, 0.15) is 5.82 Å². The lowest BCUT2D eigenvalue weighted by atomic mass is 9.97. The topological polar surface area (TPSA) is 76.3 Å². The van der Waals surface area contributed by atoms with E-state index in [-0.39, 0.29) is 23.1 Å². The van der Waals surface area contributed by atoms with Crippen molar-refractivity contribution in [2.45, 2.75) is 33.2 Å². The Kier molecular flexibility index (Phi) is 5.48. The molecular weight excluding hydrogens is 344 g/mol. The number of carbonyl (C=O) groups excluding carboxylic acids is 1. The Hall–Kier alpha value is -2.83. The molecule has 1 saturated heterocycles. The number of anilines is 2. The van der Waals surface area contributed by atoms with Crippen molar-refractivity contribution in [3.63, 3.8) is 0 Å². The van der Waals surface area contributed by atoms with Crippen molar-refractivity contribution in [3.05, 3.63) is 56.7 Å². The first kappa shape index (κ1) is 18.9. The van der Waals surface area contributed by atoms with Crippen molar-refractivity contribution >= 4 is 17.4 Å². The van der Waals surface area contributed by atoms with E-state index in [0.717, 1.165) is 35.2 Å². The lowest BCUT2D eigenvalue weighted by molar-refractivity contribution is -0.120. The summed E-state index contributed by atoms with van der Waals surface area (Å²) in [6, 6.07) is 9.20. The van der Waals surface area contributed by atoms with Gasteiger partial charge in [-0.25, -0.2) is 4.79 Å². The highest BCUT2D eigenvalue weighted by Crippen LogP contribution is 2.23. The summed E-state index contributed by atoms with van der Waals surface area (Å²) in [5.41, 5.74) is 1.26. The van der Waals surface area contributed by atoms with E-state index in [1.807, 2.05) is 43.0 Å². The van der Waals surface area contributed by atoms with Crippen LogP contribution in [0, 0.1) is 12.8 Å². The zero-order valence-corrected chi connectivity index (χ0v) is 16.1. The van der Waals surface area contributed by atoms with Crippen LogP contribution in [0.15, 0.2) is 39.9 Å². The summed E-state index contributed by atoms with van der Waals surface area (Å²) < 4.78 is 2.69. The van der Waals surface area contributed by atoms with Crippen LogP contribution in [0.1, 0.15) is 25.3 Å². The Morgan fingerprint density at radius 2 is 1.93 bits per heavy atom. The van der Waals surface area contributed by atoms with Crippen molar-refractivity contribution in [1.82, 2.24) is 9.13 Å². The second-order valence-corrected chi connectivity index (χ2v) is 7.07. The van der Waals surface area contributed by atoms with Crippen LogP contribution < -0.4 is 21.5 Å². The summed E-state index contributed by atoms with van der Waals surface area (Å²) in [7, 11) is 1.48. The molecule has 2 aromatic rings. The highest BCUT2D eigenvalue weighted by molar-refractivity contribution is 5.93. The van der Waals surface area contributed by atoms with Gasteiger partial charge in [-0.05, 0) is 38.8 Å². The maximum absolute atomic E-state index is 12.7. The predicted molar refractivity (Wildman–Crippen MR) is 106 cm³/mol. The number of hydrogen-bond donors (Lipinski definition) is 1. The van der Waals surface area contributed by atoms with Gasteiger partial charge in [-0.3, -0.25) is 18.7 Å². The van der Waals surface area contributed by atoms with Crippen LogP contribution in [0.2, 0.25) is 0 Å². The molecule has 1 fully saturated rings. The van der Waals surface area contributed by atoms with Gasteiger partial charge in [0.2, 0.25) is 5.91 Å². The second-order valence-electron chi connectivity index (χ2n) is 7.07. The van der Waals surface area contributed by atoms with Gasteiger partial charge in [-0.2, -0.15) is 0 Å². The van der Waals surface area contributed by atoms with Crippen LogP contribution >= 0.6 is 0 Å². The Bertz CT molecular complexity index is 943. The summed E-state index contributed by atoms with van der Waals surface area (Å²) in [4.78, 5) is 39.2. The fourth-order valence-corrected chi connectivity index (χ4v) is 3.50. The van der Waals surface area contributed by atoms with Gasteiger partial charge in [-0.15, -0.1) is 0 Å². The number of piperidine rings is 1. The van der Waals surface area contributed by atoms with Crippen LogP contribution in [-0.4, -0.2) is 28.1 Å². The van der Waals surface area contributed by atoms with Crippen LogP contribution in [-0.2, 0) is 18.4 Å². The second kappa shape index (κ2) is 7.82. The molecule has 7 nitrogen and oxygen atoms in total. The Labute approximate surface area is 158 Å². The van der Waals surface area contributed by atoms with Crippen LogP contribution in [0.25, 0.3) is 0 Å². The highest BCUT2D eigenvalue weighted by atomic mass is 16.2. The summed E-state index contributed by atoms with van der Waals surface area (Å²) in [5, 5.41) is 2.97. The number of rotatable bonds is 4. The number of nitrogens with one attached hydrogen (secondary N) is 1. The minimum absolute atomic E-state index is 0.0298. The molecule has 2 heterocycles. The average Bonchev–Trinajstić information content (AvgIpc) is 2.67. The maximum atomic E-state index is 12.7. The number of aryl methyl sites for hydroxylation is 1. The number of nitrogens with zero attached hydrogens (tertiary/aromatic N) is 3. The van der Waals surface area contributed by atoms with E-state index in [1.54, 1.807) is 4.57 Å². The monoisotopic (exact) mass is 370 g/mol. The quantitative estimate of drug-likeness (QED) is 0.889. The molecule has 27 heavy (non-hydrogen) atoms. The normalized spacial score (nSPS) is 17.0. The standard InChI is InChI=1S/C20H26N4O3/c1-4-24-17(12-18(25)22(3)20(24)27)23-11-5-6-15(13-23)19(26)21-16-9-7-14(2)8-10-16/h7-10,12,15H,4-6,11,13H2,1-3H3,(H,21,26)/t15-/m0/s1. The Morgan fingerprint density at radius 3 is 2.59 bits per heavy atom. The van der Waals surface area contributed by atoms with Crippen LogP contribution in [0.3, 0.4) is 0 Å². The molecule has 0 spiro atoms. The number of carbonyl (C=O) groups is 1. The largest absolute Gasteiger partial charge is 0.357 e. The van der Waals surface area contributed by atoms with Crippen LogP contribution in [0.5, 0.6) is 0 Å². The zero-order chi connectivity index (χ0) is 19.6. The van der Waals surface area contributed by atoms with Gasteiger partial charge < -0.3 is 10.2 Å². The van der Waals surface area contributed by atoms with E-state index in [1.165, 1.54) is 13.1 Å². The molecule has 0 aliphatic carbocycles. The zero-order valence-electron chi connectivity index (χ0n) is 16.1. The third-order valence-corrected chi connectivity index (χ3v) is 5.13. The molecule has 1 aromatic heterocycles. The van der Waals surface area contributed by atoms with E-state index in [2.05, 4.69) is 5.32 Å². The van der Waals surface area contributed by atoms with E-state index < -0.39 is 0 Å². The lowest BCUT2D eigenvalue weighted by Gasteiger charge is -2.34. The molecule has 0 saturated carbocycles. The number of aromatic nitrogens is 2. The minimum atomic E-state index is -0.328. The van der Waals surface area contributed by atoms with Gasteiger partial charge in [0, 0.05) is 38.4 Å². The van der Waals surface area contributed by atoms with Crippen molar-refractivity contribution in [1.29, 1.82) is 0 Å². The van der Waals surface area contributed by atoms with Gasteiger partial charge in [0.25, 0.3) is 5.56 Å². The molecule has 0 unspecified atom stereocenters. The first-order chi connectivity index (χ1) is 12.9. The summed E-state index contributed by atoms with van der Waals surface area (Å²) in [5.74, 6) is 0.376. The first-order valence-electron chi connectivity index (χ1n) is 9.34. The highest BCUT2D eigenvalue weighted by Gasteiger charge is 2.28. The number of hydrogen-bond acceptors (Lipinski definition) is 4. The lowest BCUT2D eigenvalue weighted by Crippen LogP contribution is -2.46. The van der Waals surface area contributed by atoms with E-state index in [9.17, 15) is 14.4 Å². The first-order valence-corrected chi connectivity index (χ1v) is 9.34. The molecule has 144 valence electrons. The summed E-state index contributed by atoms with van der Waals surface area (Å²) in [6.07, 6.45) is 1.62. The van der Waals surface area contributed by atoms with Crippen molar-refractivity contribution in [3.8, 4) is 0 Å². The minimum Gasteiger partial charge on any atom is -0.357 e. The third-order valence-electron chi connectivity index (χ3n) is 5.13. The molecule has 1 N–H and O–H groups in total. The van der Waals surface area contributed by atoms with E-state index in [4.69, 9.17) is 0 Å². The van der Waals surface area contributed by atoms with Gasteiger partial charge in [-0.1, -0.05) is 17.7 Å². The molecule has 0 radical (unpaired) electrons. The third kappa shape index (κ3) is 3.97. The molecule has 1 atom stereocenters. The number of benzene rings is 1. The van der Waals surface area contributed by atoms with Gasteiger partial charge in [0.05, 0.1) is 5.92 Å². The Balaban J connectivity index is 1.80. The molecule has 1 aromatic carbocycles. The molecule has 0 bridgehead atoms. The van der Waals surface area contributed by atoms with Gasteiger partial charge >= 0.3 is 5.69 Å². The molecule has 1 aliphatic heterocycles. The molecule has 7 heteroatoms.